The molecule has 0 bridgehead atoms. The topological polar surface area (TPSA) is 62.3 Å². The molecule has 0 atom stereocenters. The molecule has 0 aromatic carbocycles. The number of carbonyl (C=O) groups is 2. The average molecular weight is 207 g/mol. The molecule has 0 spiro atoms. The summed E-state index contributed by atoms with van der Waals surface area (Å²) >= 11 is 0. The van der Waals surface area contributed by atoms with Crippen molar-refractivity contribution in [2.24, 2.45) is 0 Å². The second-order valence-corrected chi connectivity index (χ2v) is 3.24. The first-order valence-corrected chi connectivity index (χ1v) is 4.48. The van der Waals surface area contributed by atoms with Crippen LogP contribution in [0.5, 0.6) is 0 Å². The van der Waals surface area contributed by atoms with E-state index in [0.717, 1.165) is 5.69 Å². The molecule has 5 nitrogen and oxygen atoms in total. The maximum atomic E-state index is 11.5. The molecule has 1 rings (SSSR count). The molecule has 5 heteroatoms. The highest BCUT2D eigenvalue weighted by molar-refractivity contribution is 5.93. The first-order valence-electron chi connectivity index (χ1n) is 4.48. The van der Waals surface area contributed by atoms with Gasteiger partial charge in [-0.05, 0) is 12.1 Å². The van der Waals surface area contributed by atoms with E-state index in [1.807, 2.05) is 0 Å². The fourth-order valence-corrected chi connectivity index (χ4v) is 1.06. The van der Waals surface area contributed by atoms with Gasteiger partial charge >= 0.3 is 0 Å². The van der Waals surface area contributed by atoms with Crippen molar-refractivity contribution in [2.45, 2.75) is 6.54 Å². The lowest BCUT2D eigenvalue weighted by atomic mass is 10.2. The normalized spacial score (nSPS) is 9.47. The molecular formula is C10H13N3O2. The molecule has 0 saturated carbocycles. The van der Waals surface area contributed by atoms with Gasteiger partial charge in [-0.15, -0.1) is 0 Å². The summed E-state index contributed by atoms with van der Waals surface area (Å²) in [6.07, 6.45) is 2.12. The predicted octanol–water partition coefficient (Wildman–Crippen LogP) is 0.0294. The molecule has 0 saturated heterocycles. The highest BCUT2D eigenvalue weighted by Crippen LogP contribution is 2.02. The zero-order chi connectivity index (χ0) is 11.3. The lowest BCUT2D eigenvalue weighted by molar-refractivity contribution is -0.109. The Labute approximate surface area is 88.1 Å². The Kier molecular flexibility index (Phi) is 3.79. The fourth-order valence-electron chi connectivity index (χ4n) is 1.06. The molecule has 1 heterocycles. The van der Waals surface area contributed by atoms with Crippen molar-refractivity contribution in [1.82, 2.24) is 15.2 Å². The molecule has 80 valence electrons. The smallest absolute Gasteiger partial charge is 0.254 e. The van der Waals surface area contributed by atoms with E-state index in [-0.39, 0.29) is 5.91 Å². The van der Waals surface area contributed by atoms with Crippen molar-refractivity contribution in [3.05, 3.63) is 29.6 Å². The highest BCUT2D eigenvalue weighted by Gasteiger charge is 2.07. The van der Waals surface area contributed by atoms with Gasteiger partial charge in [-0.1, -0.05) is 0 Å². The number of hydrogen-bond acceptors (Lipinski definition) is 3. The lowest BCUT2D eigenvalue weighted by Crippen LogP contribution is -2.22. The van der Waals surface area contributed by atoms with Crippen LogP contribution >= 0.6 is 0 Å². The minimum Gasteiger partial charge on any atom is -0.353 e. The van der Waals surface area contributed by atoms with Crippen LogP contribution in [0.2, 0.25) is 0 Å². The Balaban J connectivity index is 2.71. The Morgan fingerprint density at radius 2 is 2.27 bits per heavy atom. The van der Waals surface area contributed by atoms with E-state index in [1.54, 1.807) is 26.2 Å². The van der Waals surface area contributed by atoms with Crippen molar-refractivity contribution in [1.29, 1.82) is 0 Å². The van der Waals surface area contributed by atoms with E-state index in [1.165, 1.54) is 11.1 Å². The Hall–Kier alpha value is -1.91. The molecule has 2 amide bonds. The third kappa shape index (κ3) is 3.05. The van der Waals surface area contributed by atoms with Gasteiger partial charge in [0.2, 0.25) is 6.41 Å². The van der Waals surface area contributed by atoms with Crippen molar-refractivity contribution in [3.8, 4) is 0 Å². The molecule has 0 aliphatic rings. The molecular weight excluding hydrogens is 194 g/mol. The van der Waals surface area contributed by atoms with Crippen LogP contribution in [-0.4, -0.2) is 36.3 Å². The molecule has 0 fully saturated rings. The molecule has 1 N–H and O–H groups in total. The monoisotopic (exact) mass is 207 g/mol. The first kappa shape index (κ1) is 11.2. The van der Waals surface area contributed by atoms with Gasteiger partial charge in [-0.3, -0.25) is 14.6 Å². The summed E-state index contributed by atoms with van der Waals surface area (Å²) in [6, 6.07) is 3.41. The molecule has 0 radical (unpaired) electrons. The molecule has 1 aromatic rings. The molecule has 0 unspecified atom stereocenters. The van der Waals surface area contributed by atoms with Crippen LogP contribution in [0, 0.1) is 0 Å². The number of nitrogens with one attached hydrogen (secondary N) is 1. The first-order chi connectivity index (χ1) is 7.15. The van der Waals surface area contributed by atoms with Crippen LogP contribution in [0.1, 0.15) is 16.1 Å². The zero-order valence-corrected chi connectivity index (χ0v) is 8.73. The number of pyridine rings is 1. The molecule has 0 aliphatic heterocycles. The van der Waals surface area contributed by atoms with Crippen molar-refractivity contribution < 1.29 is 9.59 Å². The van der Waals surface area contributed by atoms with E-state index in [2.05, 4.69) is 10.3 Å². The fraction of sp³-hybridized carbons (Fsp3) is 0.300. The summed E-state index contributed by atoms with van der Waals surface area (Å²) < 4.78 is 0. The minimum atomic E-state index is -0.0857. The molecule has 1 aromatic heterocycles. The summed E-state index contributed by atoms with van der Waals surface area (Å²) in [5.41, 5.74) is 1.26. The quantitative estimate of drug-likeness (QED) is 0.708. The van der Waals surface area contributed by atoms with Crippen LogP contribution in [0.25, 0.3) is 0 Å². The van der Waals surface area contributed by atoms with Crippen LogP contribution in [0.15, 0.2) is 18.3 Å². The van der Waals surface area contributed by atoms with Crippen LogP contribution in [0.4, 0.5) is 0 Å². The van der Waals surface area contributed by atoms with Crippen LogP contribution < -0.4 is 5.32 Å². The van der Waals surface area contributed by atoms with Gasteiger partial charge in [0.1, 0.15) is 0 Å². The van der Waals surface area contributed by atoms with Crippen molar-refractivity contribution >= 4 is 12.3 Å². The van der Waals surface area contributed by atoms with Gasteiger partial charge in [-0.25, -0.2) is 0 Å². The summed E-state index contributed by atoms with van der Waals surface area (Å²) in [7, 11) is 3.37. The van der Waals surface area contributed by atoms with Gasteiger partial charge in [0, 0.05) is 20.3 Å². The number of rotatable bonds is 4. The van der Waals surface area contributed by atoms with Gasteiger partial charge < -0.3 is 10.2 Å². The number of hydrogen-bond donors (Lipinski definition) is 1. The van der Waals surface area contributed by atoms with E-state index in [0.29, 0.717) is 18.5 Å². The number of carbonyl (C=O) groups excluding carboxylic acids is 2. The molecule has 0 aliphatic carbocycles. The Bertz CT molecular complexity index is 346. The standard InChI is InChI=1S/C10H13N3O2/c1-13(2)10(15)8-3-4-9(12-5-8)6-11-7-14/h3-5,7H,6H2,1-2H3,(H,11,14). The SMILES string of the molecule is CN(C)C(=O)c1ccc(CNC=O)nc1. The third-order valence-electron chi connectivity index (χ3n) is 1.84. The second kappa shape index (κ2) is 5.09. The van der Waals surface area contributed by atoms with Gasteiger partial charge in [0.25, 0.3) is 5.91 Å². The van der Waals surface area contributed by atoms with Crippen LogP contribution in [-0.2, 0) is 11.3 Å². The minimum absolute atomic E-state index is 0.0857. The number of amides is 2. The van der Waals surface area contributed by atoms with E-state index in [4.69, 9.17) is 0 Å². The van der Waals surface area contributed by atoms with Gasteiger partial charge in [0.15, 0.2) is 0 Å². The van der Waals surface area contributed by atoms with E-state index >= 15 is 0 Å². The number of aromatic nitrogens is 1. The van der Waals surface area contributed by atoms with Crippen molar-refractivity contribution in [3.63, 3.8) is 0 Å². The average Bonchev–Trinajstić information content (AvgIpc) is 2.26. The summed E-state index contributed by atoms with van der Waals surface area (Å²) in [5.74, 6) is -0.0857. The van der Waals surface area contributed by atoms with Gasteiger partial charge in [0.05, 0.1) is 17.8 Å². The summed E-state index contributed by atoms with van der Waals surface area (Å²) in [5, 5.41) is 2.50. The van der Waals surface area contributed by atoms with E-state index in [9.17, 15) is 9.59 Å². The number of nitrogens with zero attached hydrogens (tertiary/aromatic N) is 2. The largest absolute Gasteiger partial charge is 0.353 e. The van der Waals surface area contributed by atoms with Crippen LogP contribution in [0.3, 0.4) is 0 Å². The lowest BCUT2D eigenvalue weighted by Gasteiger charge is -2.09. The predicted molar refractivity (Wildman–Crippen MR) is 55.2 cm³/mol. The molecule has 15 heavy (non-hydrogen) atoms. The summed E-state index contributed by atoms with van der Waals surface area (Å²) in [4.78, 5) is 27.1. The maximum absolute atomic E-state index is 11.5. The van der Waals surface area contributed by atoms with Crippen molar-refractivity contribution in [2.75, 3.05) is 14.1 Å². The highest BCUT2D eigenvalue weighted by atomic mass is 16.2. The Morgan fingerprint density at radius 1 is 1.53 bits per heavy atom. The third-order valence-corrected chi connectivity index (χ3v) is 1.84. The maximum Gasteiger partial charge on any atom is 0.254 e. The summed E-state index contributed by atoms with van der Waals surface area (Å²) in [6.45, 7) is 0.375. The van der Waals surface area contributed by atoms with Gasteiger partial charge in [-0.2, -0.15) is 0 Å². The van der Waals surface area contributed by atoms with E-state index < -0.39 is 0 Å². The zero-order valence-electron chi connectivity index (χ0n) is 8.73. The Morgan fingerprint density at radius 3 is 2.73 bits per heavy atom. The second-order valence-electron chi connectivity index (χ2n) is 3.24.